The van der Waals surface area contributed by atoms with Gasteiger partial charge in [-0.25, -0.2) is 4.98 Å². The van der Waals surface area contributed by atoms with E-state index in [0.717, 1.165) is 5.69 Å². The first kappa shape index (κ1) is 9.86. The molecule has 1 unspecified atom stereocenters. The highest BCUT2D eigenvalue weighted by Crippen LogP contribution is 2.14. The van der Waals surface area contributed by atoms with Crippen molar-refractivity contribution in [2.45, 2.75) is 12.5 Å². The second-order valence-electron chi connectivity index (χ2n) is 3.51. The normalized spacial score (nSPS) is 12.7. The van der Waals surface area contributed by atoms with Gasteiger partial charge in [0.05, 0.1) is 12.0 Å². The van der Waals surface area contributed by atoms with E-state index in [2.05, 4.69) is 9.97 Å². The highest BCUT2D eigenvalue weighted by molar-refractivity contribution is 5.09. The minimum Gasteiger partial charge on any atom is -0.386 e. The molecule has 0 aliphatic heterocycles. The first-order valence-corrected chi connectivity index (χ1v) is 4.81. The molecule has 15 heavy (non-hydrogen) atoms. The van der Waals surface area contributed by atoms with Crippen LogP contribution < -0.4 is 0 Å². The molecule has 0 bridgehead atoms. The maximum atomic E-state index is 9.87. The van der Waals surface area contributed by atoms with Gasteiger partial charge in [0.15, 0.2) is 0 Å². The number of nitrogens with zero attached hydrogens (tertiary/aromatic N) is 3. The number of hydrogen-bond donors (Lipinski definition) is 1. The summed E-state index contributed by atoms with van der Waals surface area (Å²) in [5, 5.41) is 9.87. The summed E-state index contributed by atoms with van der Waals surface area (Å²) in [5.41, 5.74) is 1.55. The lowest BCUT2D eigenvalue weighted by Crippen LogP contribution is -2.03. The minimum atomic E-state index is -0.582. The van der Waals surface area contributed by atoms with Crippen LogP contribution in [0.1, 0.15) is 17.5 Å². The van der Waals surface area contributed by atoms with Gasteiger partial charge in [-0.1, -0.05) is 6.07 Å². The molecule has 0 amide bonds. The van der Waals surface area contributed by atoms with Gasteiger partial charge in [-0.2, -0.15) is 0 Å². The minimum absolute atomic E-state index is 0.498. The lowest BCUT2D eigenvalue weighted by atomic mass is 10.1. The molecule has 2 aromatic heterocycles. The number of aromatic nitrogens is 3. The first-order chi connectivity index (χ1) is 7.25. The molecule has 0 saturated heterocycles. The third-order valence-electron chi connectivity index (χ3n) is 2.19. The summed E-state index contributed by atoms with van der Waals surface area (Å²) < 4.78 is 1.82. The molecule has 0 fully saturated rings. The quantitative estimate of drug-likeness (QED) is 0.812. The zero-order valence-corrected chi connectivity index (χ0v) is 8.54. The van der Waals surface area contributed by atoms with Crippen molar-refractivity contribution in [1.29, 1.82) is 0 Å². The SMILES string of the molecule is Cn1cnc(C(O)Cc2ccccn2)c1. The van der Waals surface area contributed by atoms with Crippen molar-refractivity contribution in [2.24, 2.45) is 7.05 Å². The van der Waals surface area contributed by atoms with Crippen LogP contribution in [-0.2, 0) is 13.5 Å². The fourth-order valence-electron chi connectivity index (χ4n) is 1.43. The lowest BCUT2D eigenvalue weighted by molar-refractivity contribution is 0.173. The third kappa shape index (κ3) is 2.41. The van der Waals surface area contributed by atoms with Gasteiger partial charge in [-0.3, -0.25) is 4.98 Å². The van der Waals surface area contributed by atoms with Gasteiger partial charge in [0.2, 0.25) is 0 Å². The molecule has 1 N–H and O–H groups in total. The molecule has 0 aliphatic rings. The largest absolute Gasteiger partial charge is 0.386 e. The number of rotatable bonds is 3. The van der Waals surface area contributed by atoms with E-state index in [0.29, 0.717) is 12.1 Å². The first-order valence-electron chi connectivity index (χ1n) is 4.81. The Morgan fingerprint density at radius 1 is 1.40 bits per heavy atom. The van der Waals surface area contributed by atoms with Crippen molar-refractivity contribution in [2.75, 3.05) is 0 Å². The standard InChI is InChI=1S/C11H13N3O/c1-14-7-10(13-8-14)11(15)6-9-4-2-3-5-12-9/h2-5,7-8,11,15H,6H2,1H3. The van der Waals surface area contributed by atoms with Crippen LogP contribution in [0, 0.1) is 0 Å². The Hall–Kier alpha value is -1.68. The van der Waals surface area contributed by atoms with E-state index in [1.165, 1.54) is 0 Å². The Labute approximate surface area is 88.2 Å². The van der Waals surface area contributed by atoms with Crippen LogP contribution in [0.3, 0.4) is 0 Å². The van der Waals surface area contributed by atoms with Gasteiger partial charge in [-0.05, 0) is 12.1 Å². The molecule has 4 heteroatoms. The Kier molecular flexibility index (Phi) is 2.78. The van der Waals surface area contributed by atoms with Gasteiger partial charge in [-0.15, -0.1) is 0 Å². The van der Waals surface area contributed by atoms with Crippen molar-refractivity contribution < 1.29 is 5.11 Å². The molecule has 78 valence electrons. The van der Waals surface area contributed by atoms with Crippen LogP contribution in [0.5, 0.6) is 0 Å². The van der Waals surface area contributed by atoms with Crippen molar-refractivity contribution in [3.8, 4) is 0 Å². The van der Waals surface area contributed by atoms with Gasteiger partial charge >= 0.3 is 0 Å². The van der Waals surface area contributed by atoms with Gasteiger partial charge in [0.1, 0.15) is 6.10 Å². The van der Waals surface area contributed by atoms with Crippen molar-refractivity contribution in [1.82, 2.24) is 14.5 Å². The van der Waals surface area contributed by atoms with Crippen molar-refractivity contribution in [3.63, 3.8) is 0 Å². The Balaban J connectivity index is 2.07. The average molecular weight is 203 g/mol. The third-order valence-corrected chi connectivity index (χ3v) is 2.19. The highest BCUT2D eigenvalue weighted by Gasteiger charge is 2.11. The molecular weight excluding hydrogens is 190 g/mol. The zero-order chi connectivity index (χ0) is 10.7. The van der Waals surface area contributed by atoms with Crippen LogP contribution in [0.25, 0.3) is 0 Å². The maximum absolute atomic E-state index is 9.87. The molecule has 0 radical (unpaired) electrons. The van der Waals surface area contributed by atoms with E-state index in [1.54, 1.807) is 12.5 Å². The number of aryl methyl sites for hydroxylation is 1. The summed E-state index contributed by atoms with van der Waals surface area (Å²) >= 11 is 0. The predicted molar refractivity (Wildman–Crippen MR) is 56.1 cm³/mol. The summed E-state index contributed by atoms with van der Waals surface area (Å²) in [6.45, 7) is 0. The lowest BCUT2D eigenvalue weighted by Gasteiger charge is -2.06. The zero-order valence-electron chi connectivity index (χ0n) is 8.54. The van der Waals surface area contributed by atoms with Gasteiger partial charge in [0, 0.05) is 31.6 Å². The monoisotopic (exact) mass is 203 g/mol. The molecular formula is C11H13N3O. The second-order valence-corrected chi connectivity index (χ2v) is 3.51. The Morgan fingerprint density at radius 3 is 2.87 bits per heavy atom. The summed E-state index contributed by atoms with van der Waals surface area (Å²) in [4.78, 5) is 8.25. The molecule has 0 aliphatic carbocycles. The van der Waals surface area contributed by atoms with E-state index in [1.807, 2.05) is 36.0 Å². The number of aliphatic hydroxyl groups excluding tert-OH is 1. The van der Waals surface area contributed by atoms with E-state index < -0.39 is 6.10 Å². The molecule has 0 saturated carbocycles. The smallest absolute Gasteiger partial charge is 0.103 e. The highest BCUT2D eigenvalue weighted by atomic mass is 16.3. The summed E-state index contributed by atoms with van der Waals surface area (Å²) in [7, 11) is 1.88. The fourth-order valence-corrected chi connectivity index (χ4v) is 1.43. The van der Waals surface area contributed by atoms with Crippen LogP contribution >= 0.6 is 0 Å². The summed E-state index contributed by atoms with van der Waals surface area (Å²) in [6.07, 6.45) is 5.13. The van der Waals surface area contributed by atoms with Gasteiger partial charge < -0.3 is 9.67 Å². The summed E-state index contributed by atoms with van der Waals surface area (Å²) in [5.74, 6) is 0. The van der Waals surface area contributed by atoms with Crippen LogP contribution in [-0.4, -0.2) is 19.6 Å². The predicted octanol–water partition coefficient (Wildman–Crippen LogP) is 1.09. The average Bonchev–Trinajstić information content (AvgIpc) is 2.66. The van der Waals surface area contributed by atoms with E-state index in [-0.39, 0.29) is 0 Å². The number of pyridine rings is 1. The molecule has 2 heterocycles. The maximum Gasteiger partial charge on any atom is 0.103 e. The number of hydrogen-bond acceptors (Lipinski definition) is 3. The van der Waals surface area contributed by atoms with Crippen LogP contribution in [0.4, 0.5) is 0 Å². The summed E-state index contributed by atoms with van der Waals surface area (Å²) in [6, 6.07) is 5.66. The molecule has 4 nitrogen and oxygen atoms in total. The van der Waals surface area contributed by atoms with Crippen molar-refractivity contribution in [3.05, 3.63) is 48.3 Å². The molecule has 0 spiro atoms. The van der Waals surface area contributed by atoms with Crippen LogP contribution in [0.2, 0.25) is 0 Å². The number of imidazole rings is 1. The number of aliphatic hydroxyl groups is 1. The molecule has 1 atom stereocenters. The second kappa shape index (κ2) is 4.23. The van der Waals surface area contributed by atoms with E-state index in [9.17, 15) is 5.11 Å². The topological polar surface area (TPSA) is 50.9 Å². The van der Waals surface area contributed by atoms with Crippen LogP contribution in [0.15, 0.2) is 36.9 Å². The van der Waals surface area contributed by atoms with E-state index in [4.69, 9.17) is 0 Å². The molecule has 0 aromatic carbocycles. The molecule has 2 aromatic rings. The Morgan fingerprint density at radius 2 is 2.27 bits per heavy atom. The fraction of sp³-hybridized carbons (Fsp3) is 0.273. The molecule has 2 rings (SSSR count). The van der Waals surface area contributed by atoms with Gasteiger partial charge in [0.25, 0.3) is 0 Å². The Bertz CT molecular complexity index is 424. The van der Waals surface area contributed by atoms with Crippen molar-refractivity contribution >= 4 is 0 Å². The van der Waals surface area contributed by atoms with E-state index >= 15 is 0 Å².